The molecule has 0 aliphatic carbocycles. The summed E-state index contributed by atoms with van der Waals surface area (Å²) in [6, 6.07) is 1.57. The average molecular weight is 319 g/mol. The number of benzene rings is 1. The third kappa shape index (κ3) is 3.30. The Morgan fingerprint density at radius 3 is 2.28 bits per heavy atom. The number of rotatable bonds is 4. The third-order valence-corrected chi connectivity index (χ3v) is 4.37. The van der Waals surface area contributed by atoms with Gasteiger partial charge in [-0.1, -0.05) is 23.2 Å². The van der Waals surface area contributed by atoms with Crippen molar-refractivity contribution in [3.05, 3.63) is 27.7 Å². The van der Waals surface area contributed by atoms with E-state index in [9.17, 15) is 22.0 Å². The van der Waals surface area contributed by atoms with Crippen LogP contribution in [0, 0.1) is 0 Å². The van der Waals surface area contributed by atoms with Crippen molar-refractivity contribution in [2.45, 2.75) is 11.3 Å². The summed E-state index contributed by atoms with van der Waals surface area (Å²) >= 11 is 11.1. The second-order valence-corrected chi connectivity index (χ2v) is 6.06. The van der Waals surface area contributed by atoms with Crippen molar-refractivity contribution < 1.29 is 27.1 Å². The zero-order valence-electron chi connectivity index (χ0n) is 8.53. The molecule has 0 atom stereocenters. The molecule has 1 rings (SSSR count). The van der Waals surface area contributed by atoms with Gasteiger partial charge in [0.1, 0.15) is 5.75 Å². The Bertz CT molecular complexity index is 586. The van der Waals surface area contributed by atoms with E-state index in [0.29, 0.717) is 6.07 Å². The van der Waals surface area contributed by atoms with Gasteiger partial charge in [0.2, 0.25) is 0 Å². The molecule has 0 radical (unpaired) electrons. The Kier molecular flexibility index (Phi) is 4.52. The molecule has 0 fully saturated rings. The lowest BCUT2D eigenvalue weighted by molar-refractivity contribution is 0.0697. The van der Waals surface area contributed by atoms with Gasteiger partial charge in [-0.25, -0.2) is 22.0 Å². The minimum atomic E-state index is -4.37. The van der Waals surface area contributed by atoms with Crippen LogP contribution < -0.4 is 0 Å². The molecular weight excluding hydrogens is 313 g/mol. The summed E-state index contributed by atoms with van der Waals surface area (Å²) in [4.78, 5) is 10.1. The third-order valence-electron chi connectivity index (χ3n) is 1.93. The molecule has 0 spiro atoms. The summed E-state index contributed by atoms with van der Waals surface area (Å²) in [6.07, 6.45) is -3.09. The zero-order chi connectivity index (χ0) is 14.1. The van der Waals surface area contributed by atoms with E-state index in [2.05, 4.69) is 0 Å². The predicted octanol–water partition coefficient (Wildman–Crippen LogP) is 2.73. The number of hydrogen-bond acceptors (Lipinski definition) is 3. The molecule has 0 saturated heterocycles. The molecule has 18 heavy (non-hydrogen) atoms. The second kappa shape index (κ2) is 5.38. The van der Waals surface area contributed by atoms with Crippen LogP contribution in [0.15, 0.2) is 17.0 Å². The summed E-state index contributed by atoms with van der Waals surface area (Å²) in [5, 5.41) is 8.09. The molecule has 0 aliphatic rings. The molecule has 0 bridgehead atoms. The fourth-order valence-electron chi connectivity index (χ4n) is 1.19. The monoisotopic (exact) mass is 318 g/mol. The van der Waals surface area contributed by atoms with Gasteiger partial charge in [-0.15, -0.1) is 0 Å². The molecule has 0 aliphatic heterocycles. The van der Waals surface area contributed by atoms with E-state index in [0.717, 1.165) is 6.07 Å². The van der Waals surface area contributed by atoms with Crippen molar-refractivity contribution in [2.24, 2.45) is 0 Å². The first-order valence-corrected chi connectivity index (χ1v) is 6.79. The minimum Gasteiger partial charge on any atom is -0.478 e. The molecule has 9 heteroatoms. The summed E-state index contributed by atoms with van der Waals surface area (Å²) < 4.78 is 47.3. The van der Waals surface area contributed by atoms with Crippen molar-refractivity contribution in [1.82, 2.24) is 0 Å². The lowest BCUT2D eigenvalue weighted by atomic mass is 10.2. The molecule has 0 unspecified atom stereocenters. The Hall–Kier alpha value is -0.920. The molecule has 0 saturated carbocycles. The first-order valence-electron chi connectivity index (χ1n) is 4.38. The highest BCUT2D eigenvalue weighted by molar-refractivity contribution is 7.91. The van der Waals surface area contributed by atoms with Gasteiger partial charge < -0.3 is 5.11 Å². The number of hydrogen-bond donors (Lipinski definition) is 1. The van der Waals surface area contributed by atoms with Crippen LogP contribution >= 0.6 is 23.2 Å². The molecule has 0 heterocycles. The Labute approximate surface area is 111 Å². The maximum Gasteiger partial charge on any atom is 0.337 e. The van der Waals surface area contributed by atoms with Gasteiger partial charge in [0.05, 0.1) is 20.5 Å². The van der Waals surface area contributed by atoms with Gasteiger partial charge in [-0.2, -0.15) is 0 Å². The van der Waals surface area contributed by atoms with E-state index < -0.39 is 43.5 Å². The summed E-state index contributed by atoms with van der Waals surface area (Å²) in [6.45, 7) is 0. The van der Waals surface area contributed by atoms with Crippen LogP contribution in [-0.4, -0.2) is 31.7 Å². The van der Waals surface area contributed by atoms with E-state index in [-0.39, 0.29) is 5.02 Å². The molecule has 0 aromatic heterocycles. The number of aromatic carboxylic acids is 1. The van der Waals surface area contributed by atoms with E-state index in [1.54, 1.807) is 0 Å². The van der Waals surface area contributed by atoms with Crippen LogP contribution in [0.1, 0.15) is 10.4 Å². The highest BCUT2D eigenvalue weighted by atomic mass is 35.5. The number of sulfone groups is 1. The normalized spacial score (nSPS) is 11.8. The number of carbonyl (C=O) groups is 1. The van der Waals surface area contributed by atoms with Gasteiger partial charge in [0.25, 0.3) is 6.43 Å². The number of halogens is 4. The fourth-order valence-corrected chi connectivity index (χ4v) is 3.17. The maximum atomic E-state index is 12.1. The molecule has 4 nitrogen and oxygen atoms in total. The fraction of sp³-hybridized carbons (Fsp3) is 0.222. The minimum absolute atomic E-state index is 0.275. The van der Waals surface area contributed by atoms with Gasteiger partial charge in [0.15, 0.2) is 9.84 Å². The summed E-state index contributed by atoms with van der Waals surface area (Å²) in [5.41, 5.74) is -0.520. The maximum absolute atomic E-state index is 12.1. The molecule has 0 amide bonds. The molecule has 100 valence electrons. The van der Waals surface area contributed by atoms with Crippen molar-refractivity contribution >= 4 is 39.0 Å². The van der Waals surface area contributed by atoms with E-state index in [4.69, 9.17) is 28.3 Å². The van der Waals surface area contributed by atoms with E-state index in [1.807, 2.05) is 0 Å². The first kappa shape index (κ1) is 15.1. The predicted molar refractivity (Wildman–Crippen MR) is 61.5 cm³/mol. The van der Waals surface area contributed by atoms with Crippen molar-refractivity contribution in [3.63, 3.8) is 0 Å². The summed E-state index contributed by atoms with van der Waals surface area (Å²) in [7, 11) is -4.37. The Morgan fingerprint density at radius 1 is 1.28 bits per heavy atom. The topological polar surface area (TPSA) is 71.4 Å². The number of carboxylic acid groups (broad SMARTS) is 1. The van der Waals surface area contributed by atoms with Crippen LogP contribution in [0.25, 0.3) is 0 Å². The van der Waals surface area contributed by atoms with Crippen LogP contribution in [0.2, 0.25) is 10.0 Å². The van der Waals surface area contributed by atoms with Crippen LogP contribution in [-0.2, 0) is 9.84 Å². The lowest BCUT2D eigenvalue weighted by Gasteiger charge is -2.08. The Morgan fingerprint density at radius 2 is 1.83 bits per heavy atom. The van der Waals surface area contributed by atoms with E-state index >= 15 is 0 Å². The van der Waals surface area contributed by atoms with Gasteiger partial charge in [-0.05, 0) is 12.1 Å². The highest BCUT2D eigenvalue weighted by Crippen LogP contribution is 2.30. The molecule has 1 aromatic carbocycles. The largest absolute Gasteiger partial charge is 0.478 e. The highest BCUT2D eigenvalue weighted by Gasteiger charge is 2.25. The summed E-state index contributed by atoms with van der Waals surface area (Å²) in [5.74, 6) is -2.92. The number of carboxylic acids is 1. The zero-order valence-corrected chi connectivity index (χ0v) is 10.9. The quantitative estimate of drug-likeness (QED) is 0.926. The van der Waals surface area contributed by atoms with E-state index in [1.165, 1.54) is 0 Å². The smallest absolute Gasteiger partial charge is 0.337 e. The number of alkyl halides is 2. The standard InChI is InChI=1S/C9H6Cl2F2O4S/c10-5-2-6(11)7(1-4(5)9(14)15)18(16,17)3-8(12)13/h1-2,8H,3H2,(H,14,15). The lowest BCUT2D eigenvalue weighted by Crippen LogP contribution is -2.15. The Balaban J connectivity index is 3.42. The molecular formula is C9H6Cl2F2O4S. The SMILES string of the molecule is O=C(O)c1cc(S(=O)(=O)CC(F)F)c(Cl)cc1Cl. The first-order chi connectivity index (χ1) is 8.15. The molecule has 1 N–H and O–H groups in total. The van der Waals surface area contributed by atoms with Crippen molar-refractivity contribution in [2.75, 3.05) is 5.75 Å². The van der Waals surface area contributed by atoms with Crippen LogP contribution in [0.4, 0.5) is 8.78 Å². The molecule has 1 aromatic rings. The van der Waals surface area contributed by atoms with Crippen molar-refractivity contribution in [3.8, 4) is 0 Å². The van der Waals surface area contributed by atoms with Gasteiger partial charge in [-0.3, -0.25) is 0 Å². The van der Waals surface area contributed by atoms with Crippen LogP contribution in [0.3, 0.4) is 0 Å². The van der Waals surface area contributed by atoms with Gasteiger partial charge in [0, 0.05) is 0 Å². The van der Waals surface area contributed by atoms with Gasteiger partial charge >= 0.3 is 5.97 Å². The second-order valence-electron chi connectivity index (χ2n) is 3.24. The average Bonchev–Trinajstić information content (AvgIpc) is 2.13. The van der Waals surface area contributed by atoms with Crippen molar-refractivity contribution in [1.29, 1.82) is 0 Å². The van der Waals surface area contributed by atoms with Crippen LogP contribution in [0.5, 0.6) is 0 Å².